The van der Waals surface area contributed by atoms with Crippen molar-refractivity contribution < 1.29 is 28.5 Å². The zero-order valence-electron chi connectivity index (χ0n) is 10.1. The van der Waals surface area contributed by atoms with Crippen LogP contribution in [0.5, 0.6) is 0 Å². The lowest BCUT2D eigenvalue weighted by molar-refractivity contribution is -0.217. The Balaban J connectivity index is 2.18. The molecule has 0 saturated carbocycles. The molecule has 0 aliphatic carbocycles. The molecule has 1 aliphatic heterocycles. The third-order valence-corrected chi connectivity index (χ3v) is 2.40. The van der Waals surface area contributed by atoms with E-state index in [2.05, 4.69) is 0 Å². The molecule has 2 unspecified atom stereocenters. The first-order valence-corrected chi connectivity index (χ1v) is 5.69. The van der Waals surface area contributed by atoms with Gasteiger partial charge in [-0.05, 0) is 6.42 Å². The van der Waals surface area contributed by atoms with E-state index in [9.17, 15) is 9.59 Å². The normalized spacial score (nSPS) is 21.6. The quantitative estimate of drug-likeness (QED) is 0.657. The highest BCUT2D eigenvalue weighted by Crippen LogP contribution is 2.05. The van der Waals surface area contributed by atoms with Gasteiger partial charge in [0.2, 0.25) is 6.29 Å². The highest BCUT2D eigenvalue weighted by molar-refractivity contribution is 5.77. The second-order valence-electron chi connectivity index (χ2n) is 3.78. The zero-order chi connectivity index (χ0) is 12.7. The minimum atomic E-state index is -0.696. The lowest BCUT2D eigenvalue weighted by atomic mass is 10.1. The molecule has 1 heterocycles. The third-order valence-electron chi connectivity index (χ3n) is 2.40. The van der Waals surface area contributed by atoms with E-state index in [1.807, 2.05) is 6.92 Å². The summed E-state index contributed by atoms with van der Waals surface area (Å²) in [5.41, 5.74) is 0. The van der Waals surface area contributed by atoms with Crippen LogP contribution in [0.1, 0.15) is 20.3 Å². The van der Waals surface area contributed by atoms with Crippen LogP contribution < -0.4 is 0 Å². The van der Waals surface area contributed by atoms with E-state index in [-0.39, 0.29) is 19.1 Å². The smallest absolute Gasteiger partial charge is 0.346 e. The first-order valence-electron chi connectivity index (χ1n) is 5.69. The molecule has 0 amide bonds. The maximum Gasteiger partial charge on any atom is 0.346 e. The van der Waals surface area contributed by atoms with Gasteiger partial charge >= 0.3 is 11.9 Å². The van der Waals surface area contributed by atoms with Gasteiger partial charge in [0, 0.05) is 0 Å². The molecule has 0 aromatic carbocycles. The fraction of sp³-hybridized carbons (Fsp3) is 0.818. The van der Waals surface area contributed by atoms with Crippen LogP contribution >= 0.6 is 0 Å². The Labute approximate surface area is 100 Å². The Morgan fingerprint density at radius 1 is 1.41 bits per heavy atom. The molecule has 17 heavy (non-hydrogen) atoms. The maximum atomic E-state index is 11.3. The molecule has 2 atom stereocenters. The van der Waals surface area contributed by atoms with E-state index in [0.29, 0.717) is 19.6 Å². The van der Waals surface area contributed by atoms with Crippen LogP contribution in [-0.2, 0) is 28.5 Å². The van der Waals surface area contributed by atoms with Crippen LogP contribution in [-0.4, -0.2) is 44.7 Å². The minimum absolute atomic E-state index is 0.211. The summed E-state index contributed by atoms with van der Waals surface area (Å²) in [6.07, 6.45) is -0.0217. The van der Waals surface area contributed by atoms with E-state index in [4.69, 9.17) is 18.9 Å². The number of carbonyl (C=O) groups is 2. The summed E-state index contributed by atoms with van der Waals surface area (Å²) in [5, 5.41) is 0. The lowest BCUT2D eigenvalue weighted by Gasteiger charge is -2.22. The fourth-order valence-corrected chi connectivity index (χ4v) is 1.15. The summed E-state index contributed by atoms with van der Waals surface area (Å²) in [6.45, 7) is 4.33. The van der Waals surface area contributed by atoms with E-state index in [0.717, 1.165) is 0 Å². The Bertz CT molecular complexity index is 259. The van der Waals surface area contributed by atoms with Crippen LogP contribution in [0, 0.1) is 5.92 Å². The van der Waals surface area contributed by atoms with Gasteiger partial charge in [-0.1, -0.05) is 13.8 Å². The Hall–Kier alpha value is -1.14. The van der Waals surface area contributed by atoms with Crippen molar-refractivity contribution in [3.8, 4) is 0 Å². The molecule has 1 fully saturated rings. The second-order valence-corrected chi connectivity index (χ2v) is 3.78. The average Bonchev–Trinajstić information content (AvgIpc) is 2.36. The van der Waals surface area contributed by atoms with Crippen LogP contribution in [0.25, 0.3) is 0 Å². The van der Waals surface area contributed by atoms with Crippen LogP contribution in [0.2, 0.25) is 0 Å². The lowest BCUT2D eigenvalue weighted by Crippen LogP contribution is -2.34. The molecular weight excluding hydrogens is 228 g/mol. The number of carbonyl (C=O) groups excluding carboxylic acids is 2. The SMILES string of the molecule is CCC(C)C(=O)OCC(=O)OC1COCCO1. The predicted octanol–water partition coefficient (Wildman–Crippen LogP) is 0.492. The molecule has 0 bridgehead atoms. The highest BCUT2D eigenvalue weighted by atomic mass is 16.7. The van der Waals surface area contributed by atoms with Crippen molar-refractivity contribution in [1.82, 2.24) is 0 Å². The number of hydrogen-bond donors (Lipinski definition) is 0. The maximum absolute atomic E-state index is 11.3. The molecule has 1 aliphatic rings. The summed E-state index contributed by atoms with van der Waals surface area (Å²) in [4.78, 5) is 22.6. The van der Waals surface area contributed by atoms with Crippen molar-refractivity contribution in [2.24, 2.45) is 5.92 Å². The molecule has 0 aromatic heterocycles. The number of rotatable bonds is 5. The summed E-state index contributed by atoms with van der Waals surface area (Å²) in [6, 6.07) is 0. The molecule has 1 saturated heterocycles. The first-order chi connectivity index (χ1) is 8.13. The van der Waals surface area contributed by atoms with E-state index < -0.39 is 18.2 Å². The van der Waals surface area contributed by atoms with Gasteiger partial charge in [-0.25, -0.2) is 4.79 Å². The Morgan fingerprint density at radius 3 is 2.76 bits per heavy atom. The number of hydrogen-bond acceptors (Lipinski definition) is 6. The predicted molar refractivity (Wildman–Crippen MR) is 57.1 cm³/mol. The Kier molecular flexibility index (Phi) is 5.93. The first kappa shape index (κ1) is 13.9. The van der Waals surface area contributed by atoms with E-state index in [1.54, 1.807) is 6.92 Å². The summed E-state index contributed by atoms with van der Waals surface area (Å²) < 4.78 is 19.8. The van der Waals surface area contributed by atoms with Crippen LogP contribution in [0.3, 0.4) is 0 Å². The minimum Gasteiger partial charge on any atom is -0.453 e. The summed E-state index contributed by atoms with van der Waals surface area (Å²) >= 11 is 0. The average molecular weight is 246 g/mol. The van der Waals surface area contributed by atoms with Gasteiger partial charge in [0.15, 0.2) is 6.61 Å². The number of esters is 2. The molecule has 6 heteroatoms. The molecule has 0 N–H and O–H groups in total. The van der Waals surface area contributed by atoms with Crippen molar-refractivity contribution in [3.63, 3.8) is 0 Å². The molecule has 1 rings (SSSR count). The second kappa shape index (κ2) is 7.24. The van der Waals surface area contributed by atoms with Crippen molar-refractivity contribution in [2.45, 2.75) is 26.6 Å². The standard InChI is InChI=1S/C11H18O6/c1-3-8(2)11(13)16-6-9(12)17-10-7-14-4-5-15-10/h8,10H,3-7H2,1-2H3. The van der Waals surface area contributed by atoms with Crippen molar-refractivity contribution >= 4 is 11.9 Å². The number of ether oxygens (including phenoxy) is 4. The molecule has 6 nitrogen and oxygen atoms in total. The van der Waals surface area contributed by atoms with Crippen LogP contribution in [0.4, 0.5) is 0 Å². The van der Waals surface area contributed by atoms with Gasteiger partial charge in [0.05, 0.1) is 19.1 Å². The molecular formula is C11H18O6. The van der Waals surface area contributed by atoms with Gasteiger partial charge in [-0.2, -0.15) is 0 Å². The summed E-state index contributed by atoms with van der Waals surface area (Å²) in [7, 11) is 0. The van der Waals surface area contributed by atoms with Gasteiger partial charge in [-0.3, -0.25) is 4.79 Å². The van der Waals surface area contributed by atoms with Gasteiger partial charge in [0.1, 0.15) is 6.61 Å². The largest absolute Gasteiger partial charge is 0.453 e. The van der Waals surface area contributed by atoms with Crippen molar-refractivity contribution in [3.05, 3.63) is 0 Å². The van der Waals surface area contributed by atoms with Gasteiger partial charge in [-0.15, -0.1) is 0 Å². The third kappa shape index (κ3) is 5.14. The van der Waals surface area contributed by atoms with E-state index in [1.165, 1.54) is 0 Å². The van der Waals surface area contributed by atoms with Gasteiger partial charge in [0.25, 0.3) is 0 Å². The van der Waals surface area contributed by atoms with Crippen molar-refractivity contribution in [1.29, 1.82) is 0 Å². The molecule has 0 spiro atoms. The Morgan fingerprint density at radius 2 is 2.18 bits per heavy atom. The van der Waals surface area contributed by atoms with Crippen molar-refractivity contribution in [2.75, 3.05) is 26.4 Å². The fourth-order valence-electron chi connectivity index (χ4n) is 1.15. The molecule has 0 radical (unpaired) electrons. The monoisotopic (exact) mass is 246 g/mol. The summed E-state index contributed by atoms with van der Waals surface area (Å²) in [5.74, 6) is -1.24. The topological polar surface area (TPSA) is 71.1 Å². The molecule has 0 aromatic rings. The highest BCUT2D eigenvalue weighted by Gasteiger charge is 2.20. The van der Waals surface area contributed by atoms with Crippen LogP contribution in [0.15, 0.2) is 0 Å². The molecule has 98 valence electrons. The zero-order valence-corrected chi connectivity index (χ0v) is 10.1. The van der Waals surface area contributed by atoms with E-state index >= 15 is 0 Å². The van der Waals surface area contributed by atoms with Gasteiger partial charge < -0.3 is 18.9 Å².